The number of ether oxygens (including phenoxy) is 1. The Hall–Kier alpha value is -4.92. The molecular formula is C37H37F6N5O4. The minimum Gasteiger partial charge on any atom is -0.497 e. The summed E-state index contributed by atoms with van der Waals surface area (Å²) in [5.41, 5.74) is -5.64. The lowest BCUT2D eigenvalue weighted by Gasteiger charge is -2.52. The first-order chi connectivity index (χ1) is 24.5. The molecule has 3 aliphatic heterocycles. The molecule has 0 saturated carbocycles. The van der Waals surface area contributed by atoms with E-state index < -0.39 is 75.3 Å². The monoisotopic (exact) mass is 729 g/mol. The number of methoxy groups -OCH3 is 1. The van der Waals surface area contributed by atoms with Crippen molar-refractivity contribution in [2.45, 2.75) is 57.2 Å². The van der Waals surface area contributed by atoms with Gasteiger partial charge in [-0.25, -0.2) is 0 Å². The summed E-state index contributed by atoms with van der Waals surface area (Å²) >= 11 is 0. The number of aromatic nitrogens is 1. The van der Waals surface area contributed by atoms with Crippen LogP contribution in [0.5, 0.6) is 5.75 Å². The molecule has 0 aliphatic carbocycles. The number of amides is 1. The summed E-state index contributed by atoms with van der Waals surface area (Å²) in [6.07, 6.45) is -4.90. The molecule has 52 heavy (non-hydrogen) atoms. The van der Waals surface area contributed by atoms with Gasteiger partial charge in [0.15, 0.2) is 0 Å². The van der Waals surface area contributed by atoms with Crippen LogP contribution in [0.3, 0.4) is 0 Å². The molecule has 6 atom stereocenters. The number of piperidine rings is 3. The molecule has 4 heterocycles. The highest BCUT2D eigenvalue weighted by molar-refractivity contribution is 5.90. The van der Waals surface area contributed by atoms with Gasteiger partial charge in [-0.3, -0.25) is 24.3 Å². The molecule has 3 unspecified atom stereocenters. The van der Waals surface area contributed by atoms with Gasteiger partial charge in [0.25, 0.3) is 10.9 Å². The Morgan fingerprint density at radius 2 is 1.67 bits per heavy atom. The fraction of sp³-hybridized carbons (Fsp3) is 0.405. The maximum atomic E-state index is 14.3. The summed E-state index contributed by atoms with van der Waals surface area (Å²) in [5.74, 6) is 0.206. The Kier molecular flexibility index (Phi) is 9.85. The summed E-state index contributed by atoms with van der Waals surface area (Å²) in [7, 11) is 1.54. The minimum absolute atomic E-state index is 0.0453. The van der Waals surface area contributed by atoms with Crippen LogP contribution in [0.2, 0.25) is 0 Å². The van der Waals surface area contributed by atoms with E-state index in [0.29, 0.717) is 35.2 Å². The molecule has 15 heteroatoms. The second-order valence-corrected chi connectivity index (χ2v) is 13.7. The summed E-state index contributed by atoms with van der Waals surface area (Å²) in [6.45, 7) is 8.97. The molecule has 0 spiro atoms. The topological polar surface area (TPSA) is 113 Å². The Balaban J connectivity index is 1.33. The molecule has 3 aromatic carbocycles. The van der Waals surface area contributed by atoms with Crippen molar-refractivity contribution in [2.24, 2.45) is 17.8 Å². The van der Waals surface area contributed by atoms with Crippen molar-refractivity contribution in [1.29, 1.82) is 0 Å². The van der Waals surface area contributed by atoms with Gasteiger partial charge in [-0.1, -0.05) is 19.9 Å². The molecule has 4 aromatic rings. The molecule has 9 nitrogen and oxygen atoms in total. The van der Waals surface area contributed by atoms with E-state index in [-0.39, 0.29) is 12.1 Å². The van der Waals surface area contributed by atoms with Crippen molar-refractivity contribution in [3.8, 4) is 5.75 Å². The molecular weight excluding hydrogens is 692 g/mol. The van der Waals surface area contributed by atoms with E-state index in [1.54, 1.807) is 33.2 Å². The maximum Gasteiger partial charge on any atom is 0.416 e. The molecule has 3 N–H and O–H groups in total. The lowest BCUT2D eigenvalue weighted by atomic mass is 9.73. The maximum absolute atomic E-state index is 14.3. The lowest BCUT2D eigenvalue weighted by Crippen LogP contribution is -2.58. The number of hydrogen-bond donors (Lipinski definition) is 3. The van der Waals surface area contributed by atoms with Crippen LogP contribution in [0.1, 0.15) is 49.4 Å². The van der Waals surface area contributed by atoms with Crippen molar-refractivity contribution >= 4 is 33.9 Å². The van der Waals surface area contributed by atoms with Crippen molar-refractivity contribution < 1.29 is 35.9 Å². The quantitative estimate of drug-likeness (QED) is 0.0878. The van der Waals surface area contributed by atoms with Gasteiger partial charge in [-0.2, -0.15) is 26.3 Å². The van der Waals surface area contributed by atoms with E-state index in [1.807, 2.05) is 24.3 Å². The normalized spacial score (nSPS) is 21.6. The molecule has 7 rings (SSSR count). The highest BCUT2D eigenvalue weighted by Crippen LogP contribution is 2.43. The van der Waals surface area contributed by atoms with Gasteiger partial charge in [-0.15, -0.1) is 6.58 Å². The fourth-order valence-electron chi connectivity index (χ4n) is 7.40. The minimum atomic E-state index is -5.13. The largest absolute Gasteiger partial charge is 0.497 e. The highest BCUT2D eigenvalue weighted by atomic mass is 19.4. The summed E-state index contributed by atoms with van der Waals surface area (Å²) in [5, 5.41) is 9.02. The number of carbonyl (C=O) groups is 1. The van der Waals surface area contributed by atoms with Crippen LogP contribution in [0.4, 0.5) is 43.4 Å². The molecule has 276 valence electrons. The van der Waals surface area contributed by atoms with Crippen LogP contribution in [0.15, 0.2) is 70.9 Å². The predicted octanol–water partition coefficient (Wildman–Crippen LogP) is 6.81. The van der Waals surface area contributed by atoms with Crippen molar-refractivity contribution in [2.75, 3.05) is 30.8 Å². The van der Waals surface area contributed by atoms with Gasteiger partial charge in [0.05, 0.1) is 29.8 Å². The highest BCUT2D eigenvalue weighted by Gasteiger charge is 2.44. The molecule has 3 aliphatic rings. The van der Waals surface area contributed by atoms with E-state index in [0.717, 1.165) is 36.9 Å². The summed E-state index contributed by atoms with van der Waals surface area (Å²) in [6, 6.07) is 6.21. The second kappa shape index (κ2) is 13.9. The zero-order valence-corrected chi connectivity index (χ0v) is 28.5. The first kappa shape index (κ1) is 36.9. The van der Waals surface area contributed by atoms with E-state index in [9.17, 15) is 40.7 Å². The van der Waals surface area contributed by atoms with E-state index in [1.165, 1.54) is 0 Å². The number of fused-ring (bicyclic) bond motifs is 4. The number of pyridine rings is 1. The first-order valence-corrected chi connectivity index (χ1v) is 16.8. The molecule has 1 amide bonds. The standard InChI is InChI=1S/C37H37F6N5O4/c1-5-19-17-48-11-9-20(19)12-28(48)30(25-8-10-44-27-7-6-24(52-4)16-26(25)27)47-35(51)29(18(2)3)46-32-31(33(49)34(32)50)45-23-14-21(36(38,39)40)13-22(15-23)37(41,42)43/h5-8,10,13-16,18-20,28-30,45-46H,1,9,11-12,17H2,2-4H3,(H,47,51)/t19?,20?,28-,29-,30-/m0/s1. The molecule has 3 fully saturated rings. The van der Waals surface area contributed by atoms with Gasteiger partial charge in [0, 0.05) is 29.9 Å². The number of alkyl halides is 6. The number of hydrogen-bond acceptors (Lipinski definition) is 8. The number of anilines is 3. The van der Waals surface area contributed by atoms with Gasteiger partial charge in [0.2, 0.25) is 5.91 Å². The molecule has 1 aromatic heterocycles. The van der Waals surface area contributed by atoms with Crippen LogP contribution >= 0.6 is 0 Å². The number of carbonyl (C=O) groups excluding carboxylic acids is 1. The van der Waals surface area contributed by atoms with Crippen LogP contribution < -0.4 is 31.5 Å². The van der Waals surface area contributed by atoms with Crippen molar-refractivity contribution in [3.05, 3.63) is 98.5 Å². The third-order valence-electron chi connectivity index (χ3n) is 10.2. The van der Waals surface area contributed by atoms with E-state index in [2.05, 4.69) is 32.4 Å². The zero-order chi connectivity index (χ0) is 37.7. The number of benzene rings is 2. The molecule has 0 radical (unpaired) electrons. The van der Waals surface area contributed by atoms with E-state index >= 15 is 0 Å². The zero-order valence-electron chi connectivity index (χ0n) is 28.5. The number of nitrogens with one attached hydrogen (secondary N) is 3. The van der Waals surface area contributed by atoms with Crippen molar-refractivity contribution in [3.63, 3.8) is 0 Å². The molecule has 2 bridgehead atoms. The summed E-state index contributed by atoms with van der Waals surface area (Å²) in [4.78, 5) is 46.6. The Morgan fingerprint density at radius 1 is 1.00 bits per heavy atom. The second-order valence-electron chi connectivity index (χ2n) is 13.7. The smallest absolute Gasteiger partial charge is 0.416 e. The van der Waals surface area contributed by atoms with Crippen molar-refractivity contribution in [1.82, 2.24) is 15.2 Å². The van der Waals surface area contributed by atoms with Crippen LogP contribution in [-0.2, 0) is 17.1 Å². The Morgan fingerprint density at radius 3 is 2.25 bits per heavy atom. The van der Waals surface area contributed by atoms with Gasteiger partial charge >= 0.3 is 12.4 Å². The number of rotatable bonds is 11. The molecule has 3 saturated heterocycles. The lowest BCUT2D eigenvalue weighted by molar-refractivity contribution is -0.143. The third kappa shape index (κ3) is 7.10. The Labute approximate surface area is 294 Å². The van der Waals surface area contributed by atoms with Crippen LogP contribution in [0.25, 0.3) is 10.9 Å². The average molecular weight is 730 g/mol. The average Bonchev–Trinajstić information content (AvgIpc) is 3.11. The number of halogens is 6. The number of nitrogens with zero attached hydrogens (tertiary/aromatic N) is 2. The van der Waals surface area contributed by atoms with Gasteiger partial charge < -0.3 is 20.7 Å². The summed E-state index contributed by atoms with van der Waals surface area (Å²) < 4.78 is 86.5. The predicted molar refractivity (Wildman–Crippen MR) is 184 cm³/mol. The van der Waals surface area contributed by atoms with Crippen LogP contribution in [-0.4, -0.2) is 48.1 Å². The first-order valence-electron chi connectivity index (χ1n) is 16.8. The SMILES string of the molecule is C=CC1CN2CCC1C[C@H]2[C@@H](NC(=O)[C@@H](Nc1c(Nc2cc(C(F)(F)F)cc(C(F)(F)F)c2)c(=O)c1=O)C(C)C)c1ccnc2ccc(OC)cc12. The third-order valence-corrected chi connectivity index (χ3v) is 10.2. The van der Waals surface area contributed by atoms with E-state index in [4.69, 9.17) is 4.74 Å². The van der Waals surface area contributed by atoms with Gasteiger partial charge in [0.1, 0.15) is 23.2 Å². The van der Waals surface area contributed by atoms with Crippen LogP contribution in [0, 0.1) is 17.8 Å². The van der Waals surface area contributed by atoms with Gasteiger partial charge in [-0.05, 0) is 85.2 Å². The Bertz CT molecular complexity index is 2040. The fourth-order valence-corrected chi connectivity index (χ4v) is 7.40.